The van der Waals surface area contributed by atoms with Crippen molar-refractivity contribution in [1.82, 2.24) is 10.6 Å². The molecule has 0 aromatic rings. The Bertz CT molecular complexity index is 280. The average Bonchev–Trinajstić information content (AvgIpc) is 2.30. The molecule has 0 aliphatic carbocycles. The van der Waals surface area contributed by atoms with Crippen molar-refractivity contribution in [2.45, 2.75) is 20.8 Å². The number of Topliss-reactive ketones (excluding diaryl/α,β-unsaturated/α-hetero) is 1. The summed E-state index contributed by atoms with van der Waals surface area (Å²) in [6, 6.07) is 0. The fourth-order valence-corrected chi connectivity index (χ4v) is 1.37. The van der Waals surface area contributed by atoms with Gasteiger partial charge < -0.3 is 10.6 Å². The maximum atomic E-state index is 11.3. The fourth-order valence-electron chi connectivity index (χ4n) is 0.877. The van der Waals surface area contributed by atoms with Crippen molar-refractivity contribution in [1.29, 1.82) is 0 Å². The van der Waals surface area contributed by atoms with E-state index >= 15 is 0 Å². The van der Waals surface area contributed by atoms with Gasteiger partial charge in [-0.2, -0.15) is 11.8 Å². The average molecular weight is 260 g/mol. The van der Waals surface area contributed by atoms with Gasteiger partial charge >= 0.3 is 0 Å². The van der Waals surface area contributed by atoms with Crippen molar-refractivity contribution in [2.75, 3.05) is 24.6 Å². The van der Waals surface area contributed by atoms with Crippen LogP contribution in [-0.2, 0) is 14.4 Å². The fraction of sp³-hybridized carbons (Fsp3) is 0.727. The van der Waals surface area contributed by atoms with E-state index in [1.54, 1.807) is 13.8 Å². The van der Waals surface area contributed by atoms with Gasteiger partial charge in [-0.1, -0.05) is 20.8 Å². The quantitative estimate of drug-likeness (QED) is 0.653. The number of carbonyl (C=O) groups excluding carboxylic acids is 3. The number of hydrogen-bond donors (Lipinski definition) is 2. The van der Waals surface area contributed by atoms with E-state index in [0.717, 1.165) is 5.75 Å². The van der Waals surface area contributed by atoms with E-state index in [1.807, 2.05) is 6.92 Å². The molecule has 0 aliphatic heterocycles. The number of rotatable bonds is 8. The first-order valence-corrected chi connectivity index (χ1v) is 6.76. The molecule has 5 nitrogen and oxygen atoms in total. The molecule has 0 heterocycles. The summed E-state index contributed by atoms with van der Waals surface area (Å²) >= 11 is 1.49. The highest BCUT2D eigenvalue weighted by atomic mass is 32.2. The second-order valence-corrected chi connectivity index (χ2v) is 5.09. The summed E-state index contributed by atoms with van der Waals surface area (Å²) in [7, 11) is 0. The molecule has 0 saturated heterocycles. The van der Waals surface area contributed by atoms with Gasteiger partial charge in [0.05, 0.1) is 18.8 Å². The summed E-state index contributed by atoms with van der Waals surface area (Å²) in [5.41, 5.74) is 0. The molecule has 0 atom stereocenters. The van der Waals surface area contributed by atoms with Crippen LogP contribution in [0.3, 0.4) is 0 Å². The summed E-state index contributed by atoms with van der Waals surface area (Å²) in [6.45, 7) is 5.46. The Hall–Kier alpha value is -1.04. The normalized spacial score (nSPS) is 10.1. The van der Waals surface area contributed by atoms with Gasteiger partial charge in [-0.3, -0.25) is 14.4 Å². The molecule has 0 bridgehead atoms. The van der Waals surface area contributed by atoms with Gasteiger partial charge in [-0.05, 0) is 5.75 Å². The van der Waals surface area contributed by atoms with E-state index in [4.69, 9.17) is 0 Å². The van der Waals surface area contributed by atoms with Crippen molar-refractivity contribution < 1.29 is 14.4 Å². The van der Waals surface area contributed by atoms with Gasteiger partial charge in [0.25, 0.3) is 0 Å². The Balaban J connectivity index is 3.66. The molecule has 98 valence electrons. The van der Waals surface area contributed by atoms with Crippen LogP contribution in [0, 0.1) is 5.92 Å². The van der Waals surface area contributed by atoms with E-state index in [1.165, 1.54) is 11.8 Å². The second-order valence-electron chi connectivity index (χ2n) is 3.81. The van der Waals surface area contributed by atoms with Gasteiger partial charge in [0, 0.05) is 5.92 Å². The Morgan fingerprint density at radius 1 is 1.06 bits per heavy atom. The van der Waals surface area contributed by atoms with Gasteiger partial charge in [0.15, 0.2) is 5.78 Å². The van der Waals surface area contributed by atoms with Crippen LogP contribution in [0.4, 0.5) is 0 Å². The highest BCUT2D eigenvalue weighted by molar-refractivity contribution is 7.99. The predicted molar refractivity (Wildman–Crippen MR) is 68.9 cm³/mol. The Labute approximate surface area is 106 Å². The van der Waals surface area contributed by atoms with Crippen LogP contribution in [0.2, 0.25) is 0 Å². The minimum Gasteiger partial charge on any atom is -0.347 e. The molecule has 0 fully saturated rings. The molecule has 0 aliphatic rings. The smallest absolute Gasteiger partial charge is 0.239 e. The first kappa shape index (κ1) is 16.0. The summed E-state index contributed by atoms with van der Waals surface area (Å²) in [6.07, 6.45) is 0. The molecule has 0 radical (unpaired) electrons. The lowest BCUT2D eigenvalue weighted by molar-refractivity contribution is -0.127. The van der Waals surface area contributed by atoms with Crippen molar-refractivity contribution >= 4 is 29.4 Å². The summed E-state index contributed by atoms with van der Waals surface area (Å²) < 4.78 is 0. The topological polar surface area (TPSA) is 75.3 Å². The maximum absolute atomic E-state index is 11.3. The van der Waals surface area contributed by atoms with E-state index in [9.17, 15) is 14.4 Å². The number of hydrogen-bond acceptors (Lipinski definition) is 4. The molecule has 0 saturated carbocycles. The van der Waals surface area contributed by atoms with Crippen LogP contribution >= 0.6 is 11.8 Å². The monoisotopic (exact) mass is 260 g/mol. The van der Waals surface area contributed by atoms with Crippen LogP contribution in [-0.4, -0.2) is 42.2 Å². The van der Waals surface area contributed by atoms with Crippen molar-refractivity contribution in [3.8, 4) is 0 Å². The largest absolute Gasteiger partial charge is 0.347 e. The Morgan fingerprint density at radius 2 is 1.65 bits per heavy atom. The zero-order chi connectivity index (χ0) is 13.3. The van der Waals surface area contributed by atoms with Crippen LogP contribution in [0.1, 0.15) is 20.8 Å². The highest BCUT2D eigenvalue weighted by Crippen LogP contribution is 1.96. The van der Waals surface area contributed by atoms with Crippen LogP contribution < -0.4 is 10.6 Å². The molecular weight excluding hydrogens is 240 g/mol. The summed E-state index contributed by atoms with van der Waals surface area (Å²) in [4.78, 5) is 33.7. The first-order valence-electron chi connectivity index (χ1n) is 5.61. The molecule has 17 heavy (non-hydrogen) atoms. The number of amides is 2. The molecular formula is C11H20N2O3S. The van der Waals surface area contributed by atoms with Crippen molar-refractivity contribution in [3.63, 3.8) is 0 Å². The van der Waals surface area contributed by atoms with Gasteiger partial charge in [0.1, 0.15) is 0 Å². The lowest BCUT2D eigenvalue weighted by atomic mass is 10.1. The first-order chi connectivity index (χ1) is 7.97. The Kier molecular flexibility index (Phi) is 8.49. The zero-order valence-corrected chi connectivity index (χ0v) is 11.4. The molecule has 0 unspecified atom stereocenters. The third-order valence-corrected chi connectivity index (χ3v) is 2.86. The number of carbonyl (C=O) groups is 3. The lowest BCUT2D eigenvalue weighted by Gasteiger charge is -2.07. The molecule has 0 rings (SSSR count). The number of thioether (sulfide) groups is 1. The number of nitrogens with one attached hydrogen (secondary N) is 2. The molecule has 6 heteroatoms. The van der Waals surface area contributed by atoms with Crippen LogP contribution in [0.15, 0.2) is 0 Å². The molecule has 0 spiro atoms. The summed E-state index contributed by atoms with van der Waals surface area (Å²) in [5.74, 6) is 0.602. The molecule has 0 aromatic heterocycles. The summed E-state index contributed by atoms with van der Waals surface area (Å²) in [5, 5.41) is 4.95. The van der Waals surface area contributed by atoms with E-state index in [-0.39, 0.29) is 36.6 Å². The predicted octanol–water partition coefficient (Wildman–Crippen LogP) is 0.197. The van der Waals surface area contributed by atoms with Crippen LogP contribution in [0.5, 0.6) is 0 Å². The van der Waals surface area contributed by atoms with E-state index < -0.39 is 0 Å². The third kappa shape index (κ3) is 8.74. The highest BCUT2D eigenvalue weighted by Gasteiger charge is 2.09. The zero-order valence-electron chi connectivity index (χ0n) is 10.5. The van der Waals surface area contributed by atoms with Gasteiger partial charge in [0.2, 0.25) is 11.8 Å². The minimum atomic E-state index is -0.339. The minimum absolute atomic E-state index is 0.0220. The standard InChI is InChI=1S/C11H20N2O3S/c1-4-17-7-11(16)13-6-10(15)12-5-9(14)8(2)3/h8H,4-7H2,1-3H3,(H,12,15)(H,13,16). The third-order valence-electron chi connectivity index (χ3n) is 1.99. The molecule has 2 amide bonds. The van der Waals surface area contributed by atoms with Crippen molar-refractivity contribution in [3.05, 3.63) is 0 Å². The van der Waals surface area contributed by atoms with Crippen LogP contribution in [0.25, 0.3) is 0 Å². The SMILES string of the molecule is CCSCC(=O)NCC(=O)NCC(=O)C(C)C. The maximum Gasteiger partial charge on any atom is 0.239 e. The van der Waals surface area contributed by atoms with Crippen molar-refractivity contribution in [2.24, 2.45) is 5.92 Å². The molecule has 2 N–H and O–H groups in total. The van der Waals surface area contributed by atoms with E-state index in [2.05, 4.69) is 10.6 Å². The van der Waals surface area contributed by atoms with E-state index in [0.29, 0.717) is 5.75 Å². The number of ketones is 1. The van der Waals surface area contributed by atoms with Gasteiger partial charge in [-0.15, -0.1) is 0 Å². The van der Waals surface area contributed by atoms with Gasteiger partial charge in [-0.25, -0.2) is 0 Å². The molecule has 0 aromatic carbocycles. The Morgan fingerprint density at radius 3 is 2.18 bits per heavy atom. The second kappa shape index (κ2) is 9.04. The lowest BCUT2D eigenvalue weighted by Crippen LogP contribution is -2.40.